The molecule has 27 heavy (non-hydrogen) atoms. The summed E-state index contributed by atoms with van der Waals surface area (Å²) in [7, 11) is 0. The topological polar surface area (TPSA) is 112 Å². The summed E-state index contributed by atoms with van der Waals surface area (Å²) >= 11 is 0. The van der Waals surface area contributed by atoms with Gasteiger partial charge in [-0.1, -0.05) is 18.2 Å². The number of aliphatic imine (C=N–C) groups is 1. The van der Waals surface area contributed by atoms with E-state index in [1.807, 2.05) is 18.2 Å². The van der Waals surface area contributed by atoms with Crippen LogP contribution in [0.4, 0.5) is 11.4 Å². The number of anilines is 1. The molecule has 0 fully saturated rings. The molecule has 144 valence electrons. The predicted octanol–water partition coefficient (Wildman–Crippen LogP) is 3.34. The molecule has 0 saturated heterocycles. The van der Waals surface area contributed by atoms with Crippen molar-refractivity contribution < 1.29 is 14.4 Å². The van der Waals surface area contributed by atoms with E-state index in [2.05, 4.69) is 10.3 Å². The van der Waals surface area contributed by atoms with Gasteiger partial charge in [0.15, 0.2) is 17.5 Å². The summed E-state index contributed by atoms with van der Waals surface area (Å²) < 4.78 is 11.2. The van der Waals surface area contributed by atoms with E-state index in [0.717, 1.165) is 12.1 Å². The Kier molecular flexibility index (Phi) is 7.65. The molecule has 0 unspecified atom stereocenters. The quantitative estimate of drug-likeness (QED) is 0.221. The van der Waals surface area contributed by atoms with Crippen molar-refractivity contribution in [3.63, 3.8) is 0 Å². The molecule has 0 spiro atoms. The number of nitrogens with one attached hydrogen (secondary N) is 1. The van der Waals surface area contributed by atoms with Gasteiger partial charge in [0.1, 0.15) is 0 Å². The lowest BCUT2D eigenvalue weighted by Gasteiger charge is -2.10. The zero-order valence-corrected chi connectivity index (χ0v) is 16.9. The Bertz CT molecular complexity index is 829. The third-order valence-electron chi connectivity index (χ3n) is 3.87. The molecule has 3 N–H and O–H groups in total. The van der Waals surface area contributed by atoms with Crippen molar-refractivity contribution in [2.24, 2.45) is 10.7 Å². The van der Waals surface area contributed by atoms with E-state index in [4.69, 9.17) is 15.2 Å². The highest BCUT2D eigenvalue weighted by Gasteiger charge is 2.12. The molecule has 2 aromatic rings. The zero-order valence-electron chi connectivity index (χ0n) is 14.6. The number of para-hydroxylation sites is 1. The number of nitro groups is 1. The molecule has 0 aromatic heterocycles. The van der Waals surface area contributed by atoms with Crippen LogP contribution in [0.3, 0.4) is 0 Å². The second kappa shape index (κ2) is 9.95. The first-order valence-corrected chi connectivity index (χ1v) is 8.32. The third-order valence-corrected chi connectivity index (χ3v) is 3.87. The summed E-state index contributed by atoms with van der Waals surface area (Å²) in [6.07, 6.45) is 1.27. The van der Waals surface area contributed by atoms with Gasteiger partial charge in [0, 0.05) is 36.3 Å². The molecule has 1 aliphatic rings. The lowest BCUT2D eigenvalue weighted by Crippen LogP contribution is -2.23. The number of benzene rings is 2. The molecule has 0 aliphatic carbocycles. The van der Waals surface area contributed by atoms with Gasteiger partial charge in [0.05, 0.1) is 18.1 Å². The average Bonchev–Trinajstić information content (AvgIpc) is 2.87. The molecule has 3 rings (SSSR count). The lowest BCUT2D eigenvalue weighted by molar-refractivity contribution is -0.385. The predicted molar refractivity (Wildman–Crippen MR) is 114 cm³/mol. The first kappa shape index (κ1) is 20.7. The minimum atomic E-state index is -0.390. The molecule has 0 atom stereocenters. The van der Waals surface area contributed by atoms with Gasteiger partial charge in [0.25, 0.3) is 5.69 Å². The van der Waals surface area contributed by atoms with Crippen LogP contribution in [-0.2, 0) is 6.42 Å². The molecule has 8 nitrogen and oxygen atoms in total. The number of nitro benzene ring substituents is 1. The number of hydrogen-bond acceptors (Lipinski definition) is 5. The smallest absolute Gasteiger partial charge is 0.272 e. The van der Waals surface area contributed by atoms with Gasteiger partial charge in [0.2, 0.25) is 0 Å². The lowest BCUT2D eigenvalue weighted by atomic mass is 10.1. The maximum atomic E-state index is 11.0. The van der Waals surface area contributed by atoms with Gasteiger partial charge in [-0.3, -0.25) is 15.1 Å². The van der Waals surface area contributed by atoms with E-state index in [1.54, 1.807) is 18.2 Å². The molecule has 0 radical (unpaired) electrons. The van der Waals surface area contributed by atoms with Gasteiger partial charge in [-0.2, -0.15) is 0 Å². The first-order valence-electron chi connectivity index (χ1n) is 8.32. The Labute approximate surface area is 173 Å². The number of ether oxygens (including phenoxy) is 2. The van der Waals surface area contributed by atoms with E-state index in [1.165, 1.54) is 6.07 Å². The Morgan fingerprint density at radius 2 is 1.93 bits per heavy atom. The van der Waals surface area contributed by atoms with Crippen LogP contribution in [-0.4, -0.2) is 30.6 Å². The molecule has 0 saturated carbocycles. The molecule has 0 amide bonds. The van der Waals surface area contributed by atoms with Crippen LogP contribution in [0.2, 0.25) is 0 Å². The van der Waals surface area contributed by atoms with Crippen LogP contribution in [0.1, 0.15) is 12.0 Å². The van der Waals surface area contributed by atoms with Crippen LogP contribution in [0.15, 0.2) is 47.5 Å². The Hall–Kier alpha value is -2.56. The molecule has 9 heteroatoms. The van der Waals surface area contributed by atoms with E-state index in [9.17, 15) is 10.1 Å². The van der Waals surface area contributed by atoms with Gasteiger partial charge in [-0.25, -0.2) is 0 Å². The largest absolute Gasteiger partial charge is 0.490 e. The highest BCUT2D eigenvalue weighted by atomic mass is 127. The van der Waals surface area contributed by atoms with Gasteiger partial charge < -0.3 is 20.5 Å². The van der Waals surface area contributed by atoms with E-state index in [0.29, 0.717) is 43.2 Å². The van der Waals surface area contributed by atoms with E-state index in [-0.39, 0.29) is 35.6 Å². The summed E-state index contributed by atoms with van der Waals surface area (Å²) in [5.74, 6) is 1.61. The van der Waals surface area contributed by atoms with Crippen molar-refractivity contribution in [1.82, 2.24) is 0 Å². The first-order chi connectivity index (χ1) is 12.6. The van der Waals surface area contributed by atoms with Crippen LogP contribution < -0.4 is 20.5 Å². The minimum Gasteiger partial charge on any atom is -0.490 e. The van der Waals surface area contributed by atoms with Crippen molar-refractivity contribution >= 4 is 41.3 Å². The van der Waals surface area contributed by atoms with E-state index >= 15 is 0 Å². The summed E-state index contributed by atoms with van der Waals surface area (Å²) in [4.78, 5) is 14.9. The molecule has 1 heterocycles. The van der Waals surface area contributed by atoms with Crippen molar-refractivity contribution in [3.8, 4) is 11.5 Å². The normalized spacial score (nSPS) is 13.3. The Morgan fingerprint density at radius 3 is 2.70 bits per heavy atom. The van der Waals surface area contributed by atoms with Crippen molar-refractivity contribution in [2.75, 3.05) is 25.1 Å². The van der Waals surface area contributed by atoms with Crippen molar-refractivity contribution in [1.29, 1.82) is 0 Å². The van der Waals surface area contributed by atoms with Crippen molar-refractivity contribution in [2.45, 2.75) is 12.8 Å². The van der Waals surface area contributed by atoms with Gasteiger partial charge in [-0.05, 0) is 18.6 Å². The second-order valence-corrected chi connectivity index (χ2v) is 5.74. The molecular weight excluding hydrogens is 463 g/mol. The third kappa shape index (κ3) is 5.71. The fraction of sp³-hybridized carbons (Fsp3) is 0.278. The highest BCUT2D eigenvalue weighted by Crippen LogP contribution is 2.32. The van der Waals surface area contributed by atoms with Gasteiger partial charge in [-0.15, -0.1) is 24.0 Å². The van der Waals surface area contributed by atoms with E-state index < -0.39 is 4.92 Å². The van der Waals surface area contributed by atoms with Crippen LogP contribution >= 0.6 is 24.0 Å². The minimum absolute atomic E-state index is 0. The number of halogens is 1. The summed E-state index contributed by atoms with van der Waals surface area (Å²) in [6.45, 7) is 1.58. The monoisotopic (exact) mass is 484 g/mol. The second-order valence-electron chi connectivity index (χ2n) is 5.74. The average molecular weight is 484 g/mol. The number of hydrogen-bond donors (Lipinski definition) is 2. The van der Waals surface area contributed by atoms with Crippen LogP contribution in [0.25, 0.3) is 0 Å². The maximum absolute atomic E-state index is 11.0. The number of nitrogens with zero attached hydrogens (tertiary/aromatic N) is 2. The number of guanidine groups is 1. The van der Waals surface area contributed by atoms with Crippen LogP contribution in [0, 0.1) is 10.1 Å². The number of rotatable bonds is 5. The number of fused-ring (bicyclic) bond motifs is 1. The Morgan fingerprint density at radius 1 is 1.19 bits per heavy atom. The molecule has 1 aliphatic heterocycles. The summed E-state index contributed by atoms with van der Waals surface area (Å²) in [5.41, 5.74) is 7.37. The fourth-order valence-corrected chi connectivity index (χ4v) is 2.63. The molecule has 0 bridgehead atoms. The number of nitrogens with two attached hydrogens (primary N) is 1. The van der Waals surface area contributed by atoms with Gasteiger partial charge >= 0.3 is 0 Å². The summed E-state index contributed by atoms with van der Waals surface area (Å²) in [5, 5.41) is 14.0. The van der Waals surface area contributed by atoms with Crippen LogP contribution in [0.5, 0.6) is 11.5 Å². The standard InChI is InChI=1S/C18H20N4O4.HI/c19-18(20-9-8-13-4-1-2-5-15(13)22(23)24)21-14-6-7-16-17(12-14)26-11-3-10-25-16;/h1-2,4-7,12H,3,8-11H2,(H3,19,20,21);1H. The highest BCUT2D eigenvalue weighted by molar-refractivity contribution is 14.0. The molecular formula is C18H21IN4O4. The Balaban J connectivity index is 0.00000261. The zero-order chi connectivity index (χ0) is 18.4. The summed E-state index contributed by atoms with van der Waals surface area (Å²) in [6, 6.07) is 12.1. The maximum Gasteiger partial charge on any atom is 0.272 e. The SMILES string of the molecule is I.NC(=NCCc1ccccc1[N+](=O)[O-])Nc1ccc2c(c1)OCCCO2. The van der Waals surface area contributed by atoms with Crippen molar-refractivity contribution in [3.05, 3.63) is 58.1 Å². The molecule has 2 aromatic carbocycles. The fourth-order valence-electron chi connectivity index (χ4n) is 2.63.